The number of ether oxygens (including phenoxy) is 3. The van der Waals surface area contributed by atoms with Gasteiger partial charge in [-0.05, 0) is 48.0 Å². The summed E-state index contributed by atoms with van der Waals surface area (Å²) in [5, 5.41) is 7.07. The number of fused-ring (bicyclic) bond motifs is 3. The molecule has 0 aromatic heterocycles. The zero-order valence-electron chi connectivity index (χ0n) is 16.4. The average molecular weight is 386 g/mol. The summed E-state index contributed by atoms with van der Waals surface area (Å²) < 4.78 is 17.1. The van der Waals surface area contributed by atoms with E-state index in [9.17, 15) is 0 Å². The van der Waals surface area contributed by atoms with Crippen molar-refractivity contribution in [2.24, 2.45) is 5.10 Å². The minimum atomic E-state index is -0.305. The molecule has 0 N–H and O–H groups in total. The third-order valence-electron chi connectivity index (χ3n) is 5.50. The van der Waals surface area contributed by atoms with Gasteiger partial charge in [0.2, 0.25) is 6.23 Å². The van der Waals surface area contributed by atoms with Gasteiger partial charge in [0.15, 0.2) is 0 Å². The lowest BCUT2D eigenvalue weighted by Crippen LogP contribution is -2.33. The predicted octanol–water partition coefficient (Wildman–Crippen LogP) is 4.95. The van der Waals surface area contributed by atoms with Crippen LogP contribution in [0.15, 0.2) is 77.9 Å². The van der Waals surface area contributed by atoms with Crippen LogP contribution in [0, 0.1) is 0 Å². The van der Waals surface area contributed by atoms with Crippen molar-refractivity contribution in [1.29, 1.82) is 0 Å². The maximum Gasteiger partial charge on any atom is 0.214 e. The lowest BCUT2D eigenvalue weighted by Gasteiger charge is -2.38. The van der Waals surface area contributed by atoms with E-state index in [1.165, 1.54) is 5.56 Å². The molecule has 2 aliphatic heterocycles. The fraction of sp³-hybridized carbons (Fsp3) is 0.208. The van der Waals surface area contributed by atoms with Crippen molar-refractivity contribution in [3.8, 4) is 17.2 Å². The van der Waals surface area contributed by atoms with E-state index in [-0.39, 0.29) is 12.3 Å². The quantitative estimate of drug-likeness (QED) is 0.637. The first kappa shape index (κ1) is 17.6. The Morgan fingerprint density at radius 1 is 0.897 bits per heavy atom. The van der Waals surface area contributed by atoms with Crippen LogP contribution in [-0.2, 0) is 0 Å². The SMILES string of the molecule is COc1ccc(C2=NN3C(C2)c2ccccc2OC3c2cccc(OC)c2)cc1. The van der Waals surface area contributed by atoms with E-state index in [2.05, 4.69) is 35.3 Å². The Bertz CT molecular complexity index is 1060. The second-order valence-corrected chi connectivity index (χ2v) is 7.16. The number of rotatable bonds is 4. The fourth-order valence-corrected chi connectivity index (χ4v) is 4.01. The van der Waals surface area contributed by atoms with E-state index in [0.717, 1.165) is 40.5 Å². The predicted molar refractivity (Wildman–Crippen MR) is 112 cm³/mol. The molecule has 3 aromatic rings. The molecule has 0 bridgehead atoms. The highest BCUT2D eigenvalue weighted by molar-refractivity contribution is 6.02. The molecule has 2 unspecified atom stereocenters. The fourth-order valence-electron chi connectivity index (χ4n) is 4.01. The van der Waals surface area contributed by atoms with Gasteiger partial charge in [-0.25, -0.2) is 5.01 Å². The van der Waals surface area contributed by atoms with E-state index in [0.29, 0.717) is 0 Å². The van der Waals surface area contributed by atoms with Gasteiger partial charge in [-0.15, -0.1) is 0 Å². The van der Waals surface area contributed by atoms with Gasteiger partial charge >= 0.3 is 0 Å². The monoisotopic (exact) mass is 386 g/mol. The number of hydrogen-bond donors (Lipinski definition) is 0. The van der Waals surface area contributed by atoms with E-state index in [1.54, 1.807) is 14.2 Å². The Morgan fingerprint density at radius 2 is 1.69 bits per heavy atom. The van der Waals surface area contributed by atoms with Gasteiger partial charge in [0.1, 0.15) is 17.2 Å². The summed E-state index contributed by atoms with van der Waals surface area (Å²) in [6.45, 7) is 0. The highest BCUT2D eigenvalue weighted by Crippen LogP contribution is 2.47. The number of methoxy groups -OCH3 is 2. The third kappa shape index (κ3) is 3.09. The Balaban J connectivity index is 1.56. The van der Waals surface area contributed by atoms with Gasteiger partial charge in [-0.1, -0.05) is 30.3 Å². The molecule has 3 aromatic carbocycles. The molecular weight excluding hydrogens is 364 g/mol. The summed E-state index contributed by atoms with van der Waals surface area (Å²) in [6.07, 6.45) is 0.522. The van der Waals surface area contributed by atoms with Crippen LogP contribution in [0.3, 0.4) is 0 Å². The molecule has 2 aliphatic rings. The summed E-state index contributed by atoms with van der Waals surface area (Å²) in [5.74, 6) is 2.56. The van der Waals surface area contributed by atoms with Gasteiger partial charge in [0, 0.05) is 17.5 Å². The number of benzene rings is 3. The molecule has 0 amide bonds. The Morgan fingerprint density at radius 3 is 2.48 bits per heavy atom. The molecule has 2 atom stereocenters. The molecule has 0 spiro atoms. The largest absolute Gasteiger partial charge is 0.497 e. The molecule has 0 aliphatic carbocycles. The second-order valence-electron chi connectivity index (χ2n) is 7.16. The van der Waals surface area contributed by atoms with E-state index in [4.69, 9.17) is 19.3 Å². The van der Waals surface area contributed by atoms with Gasteiger partial charge in [0.05, 0.1) is 26.0 Å². The maximum atomic E-state index is 6.40. The molecule has 5 rings (SSSR count). The van der Waals surface area contributed by atoms with Crippen molar-refractivity contribution >= 4 is 5.71 Å². The molecule has 5 nitrogen and oxygen atoms in total. The number of para-hydroxylation sites is 1. The lowest BCUT2D eigenvalue weighted by atomic mass is 9.96. The third-order valence-corrected chi connectivity index (χ3v) is 5.50. The molecule has 0 saturated heterocycles. The normalized spacial score (nSPS) is 19.7. The van der Waals surface area contributed by atoms with Crippen LogP contribution in [0.1, 0.15) is 35.4 Å². The standard InChI is InChI=1S/C24H22N2O3/c1-27-18-12-10-16(11-13-18)21-15-22-20-8-3-4-9-23(20)29-24(26(22)25-21)17-6-5-7-19(14-17)28-2/h3-14,22,24H,15H2,1-2H3. The van der Waals surface area contributed by atoms with Crippen LogP contribution in [0.25, 0.3) is 0 Å². The van der Waals surface area contributed by atoms with Crippen LogP contribution in [0.5, 0.6) is 17.2 Å². The molecule has 146 valence electrons. The van der Waals surface area contributed by atoms with Crippen molar-refractivity contribution in [2.45, 2.75) is 18.7 Å². The molecule has 0 radical (unpaired) electrons. The molecular formula is C24H22N2O3. The highest BCUT2D eigenvalue weighted by Gasteiger charge is 2.40. The first-order valence-corrected chi connectivity index (χ1v) is 9.66. The Hall–Kier alpha value is -3.47. The number of hydrogen-bond acceptors (Lipinski definition) is 5. The summed E-state index contributed by atoms with van der Waals surface area (Å²) in [6, 6.07) is 24.4. The molecule has 5 heteroatoms. The van der Waals surface area contributed by atoms with E-state index < -0.39 is 0 Å². The zero-order valence-corrected chi connectivity index (χ0v) is 16.4. The first-order valence-electron chi connectivity index (χ1n) is 9.66. The minimum Gasteiger partial charge on any atom is -0.497 e. The summed E-state index contributed by atoms with van der Waals surface area (Å²) >= 11 is 0. The van der Waals surface area contributed by atoms with Gasteiger partial charge in [-0.3, -0.25) is 0 Å². The lowest BCUT2D eigenvalue weighted by molar-refractivity contribution is -0.0191. The van der Waals surface area contributed by atoms with Crippen LogP contribution in [-0.4, -0.2) is 24.9 Å². The van der Waals surface area contributed by atoms with E-state index in [1.807, 2.05) is 42.5 Å². The Kier molecular flexibility index (Phi) is 4.35. The second kappa shape index (κ2) is 7.17. The van der Waals surface area contributed by atoms with Crippen molar-refractivity contribution < 1.29 is 14.2 Å². The minimum absolute atomic E-state index is 0.133. The molecule has 29 heavy (non-hydrogen) atoms. The average Bonchev–Trinajstić information content (AvgIpc) is 3.24. The van der Waals surface area contributed by atoms with Crippen LogP contribution >= 0.6 is 0 Å². The van der Waals surface area contributed by atoms with Gasteiger partial charge < -0.3 is 14.2 Å². The van der Waals surface area contributed by atoms with Crippen LogP contribution in [0.2, 0.25) is 0 Å². The van der Waals surface area contributed by atoms with Crippen molar-refractivity contribution in [2.75, 3.05) is 14.2 Å². The topological polar surface area (TPSA) is 43.3 Å². The van der Waals surface area contributed by atoms with Gasteiger partial charge in [-0.2, -0.15) is 5.10 Å². The smallest absolute Gasteiger partial charge is 0.214 e. The zero-order chi connectivity index (χ0) is 19.8. The Labute approximate surface area is 170 Å². The van der Waals surface area contributed by atoms with Crippen molar-refractivity contribution in [1.82, 2.24) is 5.01 Å². The molecule has 2 heterocycles. The van der Waals surface area contributed by atoms with Crippen LogP contribution in [0.4, 0.5) is 0 Å². The maximum absolute atomic E-state index is 6.40. The highest BCUT2D eigenvalue weighted by atomic mass is 16.5. The molecule has 0 saturated carbocycles. The summed E-state index contributed by atoms with van der Waals surface area (Å²) in [4.78, 5) is 0. The van der Waals surface area contributed by atoms with E-state index >= 15 is 0 Å². The summed E-state index contributed by atoms with van der Waals surface area (Å²) in [7, 11) is 3.35. The summed E-state index contributed by atoms with van der Waals surface area (Å²) in [5.41, 5.74) is 4.33. The van der Waals surface area contributed by atoms with Gasteiger partial charge in [0.25, 0.3) is 0 Å². The van der Waals surface area contributed by atoms with Crippen molar-refractivity contribution in [3.63, 3.8) is 0 Å². The number of hydrazone groups is 1. The van der Waals surface area contributed by atoms with Crippen molar-refractivity contribution in [3.05, 3.63) is 89.5 Å². The number of nitrogens with zero attached hydrogens (tertiary/aromatic N) is 2. The van der Waals surface area contributed by atoms with Crippen LogP contribution < -0.4 is 14.2 Å². The first-order chi connectivity index (χ1) is 14.3. The molecule has 0 fully saturated rings.